The van der Waals surface area contributed by atoms with Crippen molar-refractivity contribution in [1.29, 1.82) is 0 Å². The van der Waals surface area contributed by atoms with Crippen molar-refractivity contribution in [2.75, 3.05) is 6.61 Å². The quantitative estimate of drug-likeness (QED) is 0.677. The number of nitrogens with one attached hydrogen (secondary N) is 1. The molecule has 1 aliphatic rings. The van der Waals surface area contributed by atoms with Crippen LogP contribution < -0.4 is 0 Å². The highest BCUT2D eigenvalue weighted by Crippen LogP contribution is 2.37. The number of fused-ring (bicyclic) bond motifs is 1. The molecule has 0 aliphatic heterocycles. The topological polar surface area (TPSA) is 59.2 Å². The minimum Gasteiger partial charge on any atom is -0.461 e. The summed E-state index contributed by atoms with van der Waals surface area (Å²) in [6.45, 7) is 8.23. The molecule has 0 amide bonds. The van der Waals surface area contributed by atoms with E-state index in [4.69, 9.17) is 4.74 Å². The Kier molecular flexibility index (Phi) is 4.02. The molecule has 0 aromatic carbocycles. The Morgan fingerprint density at radius 1 is 1.40 bits per heavy atom. The van der Waals surface area contributed by atoms with Gasteiger partial charge in [-0.25, -0.2) is 4.79 Å². The summed E-state index contributed by atoms with van der Waals surface area (Å²) in [6.07, 6.45) is 3.46. The SMILES string of the molecule is CCCCOC(=O)c1[nH]c2c(c1C)C(=O)C(C)(C)CC2. The van der Waals surface area contributed by atoms with Crippen molar-refractivity contribution in [3.63, 3.8) is 0 Å². The van der Waals surface area contributed by atoms with Gasteiger partial charge in [-0.15, -0.1) is 0 Å². The molecule has 0 fully saturated rings. The minimum absolute atomic E-state index is 0.125. The van der Waals surface area contributed by atoms with Gasteiger partial charge >= 0.3 is 5.97 Å². The molecule has 4 nitrogen and oxygen atoms in total. The largest absolute Gasteiger partial charge is 0.461 e. The van der Waals surface area contributed by atoms with E-state index in [1.165, 1.54) is 0 Å². The molecule has 0 bridgehead atoms. The number of H-pyrrole nitrogens is 1. The lowest BCUT2D eigenvalue weighted by atomic mass is 9.74. The third kappa shape index (κ3) is 2.51. The van der Waals surface area contributed by atoms with Crippen LogP contribution in [0, 0.1) is 12.3 Å². The Labute approximate surface area is 119 Å². The van der Waals surface area contributed by atoms with Gasteiger partial charge in [0, 0.05) is 16.7 Å². The maximum atomic E-state index is 12.5. The lowest BCUT2D eigenvalue weighted by Gasteiger charge is -2.27. The summed E-state index contributed by atoms with van der Waals surface area (Å²) in [4.78, 5) is 27.6. The molecule has 1 aromatic heterocycles. The van der Waals surface area contributed by atoms with Gasteiger partial charge in [-0.1, -0.05) is 27.2 Å². The number of carbonyl (C=O) groups excluding carboxylic acids is 2. The number of hydrogen-bond acceptors (Lipinski definition) is 3. The van der Waals surface area contributed by atoms with Crippen molar-refractivity contribution < 1.29 is 14.3 Å². The van der Waals surface area contributed by atoms with Crippen molar-refractivity contribution >= 4 is 11.8 Å². The molecule has 0 spiro atoms. The highest BCUT2D eigenvalue weighted by atomic mass is 16.5. The van der Waals surface area contributed by atoms with Crippen LogP contribution in [-0.4, -0.2) is 23.3 Å². The van der Waals surface area contributed by atoms with Crippen LogP contribution >= 0.6 is 0 Å². The summed E-state index contributed by atoms with van der Waals surface area (Å²) >= 11 is 0. The van der Waals surface area contributed by atoms with Gasteiger partial charge in [0.1, 0.15) is 5.69 Å². The second-order valence-electron chi connectivity index (χ2n) is 6.18. The molecule has 0 unspecified atom stereocenters. The number of rotatable bonds is 4. The van der Waals surface area contributed by atoms with Crippen LogP contribution in [0.15, 0.2) is 0 Å². The molecule has 110 valence electrons. The lowest BCUT2D eigenvalue weighted by Crippen LogP contribution is -2.30. The van der Waals surface area contributed by atoms with Gasteiger partial charge in [0.15, 0.2) is 5.78 Å². The fraction of sp³-hybridized carbons (Fsp3) is 0.625. The van der Waals surface area contributed by atoms with Crippen molar-refractivity contribution in [3.05, 3.63) is 22.5 Å². The van der Waals surface area contributed by atoms with Crippen LogP contribution in [0.5, 0.6) is 0 Å². The molecule has 1 heterocycles. The number of carbonyl (C=O) groups is 2. The molecule has 4 heteroatoms. The first-order chi connectivity index (χ1) is 9.38. The highest BCUT2D eigenvalue weighted by molar-refractivity contribution is 6.06. The Morgan fingerprint density at radius 3 is 2.75 bits per heavy atom. The normalized spacial score (nSPS) is 16.9. The molecule has 0 radical (unpaired) electrons. The summed E-state index contributed by atoms with van der Waals surface area (Å²) in [5, 5.41) is 0. The second kappa shape index (κ2) is 5.43. The predicted octanol–water partition coefficient (Wildman–Crippen LogP) is 3.44. The first-order valence-corrected chi connectivity index (χ1v) is 7.32. The average Bonchev–Trinajstić information content (AvgIpc) is 2.72. The Morgan fingerprint density at radius 2 is 2.10 bits per heavy atom. The number of ketones is 1. The first-order valence-electron chi connectivity index (χ1n) is 7.32. The van der Waals surface area contributed by atoms with Crippen LogP contribution in [0.4, 0.5) is 0 Å². The predicted molar refractivity (Wildman–Crippen MR) is 77.2 cm³/mol. The van der Waals surface area contributed by atoms with Crippen molar-refractivity contribution in [2.24, 2.45) is 5.41 Å². The van der Waals surface area contributed by atoms with Gasteiger partial charge in [0.25, 0.3) is 0 Å². The van der Waals surface area contributed by atoms with Crippen molar-refractivity contribution in [2.45, 2.75) is 53.4 Å². The maximum absolute atomic E-state index is 12.5. The highest BCUT2D eigenvalue weighted by Gasteiger charge is 2.38. The van der Waals surface area contributed by atoms with Gasteiger partial charge in [-0.2, -0.15) is 0 Å². The van der Waals surface area contributed by atoms with E-state index in [0.717, 1.165) is 36.9 Å². The number of Topliss-reactive ketones (excluding diaryl/α,β-unsaturated/α-hetero) is 1. The van der Waals surface area contributed by atoms with Crippen LogP contribution in [0.2, 0.25) is 0 Å². The molecule has 0 atom stereocenters. The van der Waals surface area contributed by atoms with Crippen LogP contribution in [0.3, 0.4) is 0 Å². The van der Waals surface area contributed by atoms with E-state index in [0.29, 0.717) is 17.9 Å². The number of aromatic amines is 1. The van der Waals surface area contributed by atoms with Gasteiger partial charge in [-0.3, -0.25) is 4.79 Å². The van der Waals surface area contributed by atoms with E-state index in [-0.39, 0.29) is 17.2 Å². The zero-order valence-electron chi connectivity index (χ0n) is 12.8. The van der Waals surface area contributed by atoms with E-state index >= 15 is 0 Å². The van der Waals surface area contributed by atoms with Crippen molar-refractivity contribution in [1.82, 2.24) is 4.98 Å². The Bertz CT molecular complexity index is 540. The molecule has 0 saturated heterocycles. The zero-order chi connectivity index (χ0) is 14.9. The summed E-state index contributed by atoms with van der Waals surface area (Å²) in [5.74, 6) is -0.226. The van der Waals surface area contributed by atoms with Gasteiger partial charge in [-0.05, 0) is 31.7 Å². The van der Waals surface area contributed by atoms with E-state index < -0.39 is 0 Å². The number of ether oxygens (including phenoxy) is 1. The molecule has 1 N–H and O–H groups in total. The van der Waals surface area contributed by atoms with E-state index in [2.05, 4.69) is 4.98 Å². The first kappa shape index (κ1) is 14.8. The van der Waals surface area contributed by atoms with Crippen LogP contribution in [-0.2, 0) is 11.2 Å². The summed E-state index contributed by atoms with van der Waals surface area (Å²) < 4.78 is 5.23. The average molecular weight is 277 g/mol. The van der Waals surface area contributed by atoms with E-state index in [1.54, 1.807) is 0 Å². The van der Waals surface area contributed by atoms with Gasteiger partial charge < -0.3 is 9.72 Å². The summed E-state index contributed by atoms with van der Waals surface area (Å²) in [7, 11) is 0. The third-order valence-corrected chi connectivity index (χ3v) is 4.10. The summed E-state index contributed by atoms with van der Waals surface area (Å²) in [5.41, 5.74) is 2.41. The van der Waals surface area contributed by atoms with E-state index in [9.17, 15) is 9.59 Å². The van der Waals surface area contributed by atoms with Crippen molar-refractivity contribution in [3.8, 4) is 0 Å². The molecule has 1 aromatic rings. The second-order valence-corrected chi connectivity index (χ2v) is 6.18. The van der Waals surface area contributed by atoms with Crippen LogP contribution in [0.25, 0.3) is 0 Å². The minimum atomic E-state index is -0.351. The van der Waals surface area contributed by atoms with Gasteiger partial charge in [0.05, 0.1) is 6.61 Å². The molecule has 0 saturated carbocycles. The third-order valence-electron chi connectivity index (χ3n) is 4.10. The Hall–Kier alpha value is -1.58. The number of aryl methyl sites for hydroxylation is 1. The van der Waals surface area contributed by atoms with Gasteiger partial charge in [0.2, 0.25) is 0 Å². The number of unbranched alkanes of at least 4 members (excludes halogenated alkanes) is 1. The fourth-order valence-corrected chi connectivity index (χ4v) is 2.63. The standard InChI is InChI=1S/C16H23NO3/c1-5-6-9-20-15(19)13-10(2)12-11(17-13)7-8-16(3,4)14(12)18/h17H,5-9H2,1-4H3. The number of hydrogen-bond donors (Lipinski definition) is 1. The molecular formula is C16H23NO3. The lowest BCUT2D eigenvalue weighted by molar-refractivity contribution is 0.0492. The summed E-state index contributed by atoms with van der Waals surface area (Å²) in [6, 6.07) is 0. The zero-order valence-corrected chi connectivity index (χ0v) is 12.8. The fourth-order valence-electron chi connectivity index (χ4n) is 2.63. The number of esters is 1. The molecule has 2 rings (SSSR count). The van der Waals surface area contributed by atoms with Crippen LogP contribution in [0.1, 0.15) is 72.1 Å². The Balaban J connectivity index is 2.27. The monoisotopic (exact) mass is 277 g/mol. The number of aromatic nitrogens is 1. The molecule has 20 heavy (non-hydrogen) atoms. The smallest absolute Gasteiger partial charge is 0.355 e. The molecule has 1 aliphatic carbocycles. The molecular weight excluding hydrogens is 254 g/mol. The van der Waals surface area contributed by atoms with E-state index in [1.807, 2.05) is 27.7 Å². The maximum Gasteiger partial charge on any atom is 0.355 e.